The standard InChI is InChI=1S/C8H6BrF2NO/c9-3-7(13)8-5(10)1-4(12)2-6(8)11/h1-2H,3,12H2. The number of hydrogen-bond acceptors (Lipinski definition) is 2. The predicted molar refractivity (Wildman–Crippen MR) is 48.9 cm³/mol. The Balaban J connectivity index is 3.28. The maximum Gasteiger partial charge on any atom is 0.179 e. The summed E-state index contributed by atoms with van der Waals surface area (Å²) in [6, 6.07) is 1.83. The topological polar surface area (TPSA) is 43.1 Å². The number of Topliss-reactive ketones (excluding diaryl/α,β-unsaturated/α-hetero) is 1. The maximum absolute atomic E-state index is 13.0. The van der Waals surface area contributed by atoms with Gasteiger partial charge in [-0.1, -0.05) is 15.9 Å². The second-order valence-electron chi connectivity index (χ2n) is 2.42. The van der Waals surface area contributed by atoms with E-state index in [9.17, 15) is 13.6 Å². The molecular weight excluding hydrogens is 244 g/mol. The second kappa shape index (κ2) is 3.83. The van der Waals surface area contributed by atoms with Gasteiger partial charge in [-0.05, 0) is 12.1 Å². The lowest BCUT2D eigenvalue weighted by atomic mass is 10.1. The van der Waals surface area contributed by atoms with E-state index in [1.807, 2.05) is 0 Å². The molecular formula is C8H6BrF2NO. The fourth-order valence-corrected chi connectivity index (χ4v) is 1.21. The zero-order valence-corrected chi connectivity index (χ0v) is 8.07. The fraction of sp³-hybridized carbons (Fsp3) is 0.125. The van der Waals surface area contributed by atoms with Crippen molar-refractivity contribution in [2.45, 2.75) is 0 Å². The number of nitrogen functional groups attached to an aromatic ring is 1. The van der Waals surface area contributed by atoms with Crippen LogP contribution in [0.5, 0.6) is 0 Å². The minimum atomic E-state index is -0.929. The van der Waals surface area contributed by atoms with E-state index < -0.39 is 23.0 Å². The van der Waals surface area contributed by atoms with E-state index in [-0.39, 0.29) is 11.0 Å². The van der Waals surface area contributed by atoms with Gasteiger partial charge in [-0.15, -0.1) is 0 Å². The first-order chi connectivity index (χ1) is 6.06. The van der Waals surface area contributed by atoms with Gasteiger partial charge in [0, 0.05) is 5.69 Å². The summed E-state index contributed by atoms with van der Waals surface area (Å²) in [5, 5.41) is -0.120. The lowest BCUT2D eigenvalue weighted by Crippen LogP contribution is -2.07. The Morgan fingerprint density at radius 1 is 1.38 bits per heavy atom. The predicted octanol–water partition coefficient (Wildman–Crippen LogP) is 2.12. The van der Waals surface area contributed by atoms with Crippen LogP contribution in [0.1, 0.15) is 10.4 Å². The molecule has 0 radical (unpaired) electrons. The minimum Gasteiger partial charge on any atom is -0.399 e. The van der Waals surface area contributed by atoms with Crippen LogP contribution in [0.15, 0.2) is 12.1 Å². The molecule has 1 rings (SSSR count). The monoisotopic (exact) mass is 249 g/mol. The van der Waals surface area contributed by atoms with Crippen molar-refractivity contribution in [2.24, 2.45) is 0 Å². The summed E-state index contributed by atoms with van der Waals surface area (Å²) in [5.41, 5.74) is 4.58. The van der Waals surface area contributed by atoms with Crippen molar-refractivity contribution in [3.05, 3.63) is 29.3 Å². The Kier molecular flexibility index (Phi) is 2.98. The SMILES string of the molecule is Nc1cc(F)c(C(=O)CBr)c(F)c1. The van der Waals surface area contributed by atoms with Gasteiger partial charge in [0.05, 0.1) is 10.9 Å². The van der Waals surface area contributed by atoms with Crippen LogP contribution in [0, 0.1) is 11.6 Å². The number of alkyl halides is 1. The summed E-state index contributed by atoms with van der Waals surface area (Å²) in [7, 11) is 0. The van der Waals surface area contributed by atoms with Crippen molar-refractivity contribution in [1.29, 1.82) is 0 Å². The van der Waals surface area contributed by atoms with Crippen molar-refractivity contribution < 1.29 is 13.6 Å². The molecule has 0 aromatic heterocycles. The summed E-state index contributed by atoms with van der Waals surface area (Å²) >= 11 is 2.82. The molecule has 0 spiro atoms. The molecule has 0 aliphatic carbocycles. The summed E-state index contributed by atoms with van der Waals surface area (Å²) in [6.45, 7) is 0. The largest absolute Gasteiger partial charge is 0.399 e. The number of carbonyl (C=O) groups is 1. The average Bonchev–Trinajstić information content (AvgIpc) is 2.02. The third kappa shape index (κ3) is 2.03. The molecule has 0 amide bonds. The van der Waals surface area contributed by atoms with Gasteiger partial charge >= 0.3 is 0 Å². The Bertz CT molecular complexity index is 331. The summed E-state index contributed by atoms with van der Waals surface area (Å²) in [6.07, 6.45) is 0. The van der Waals surface area contributed by atoms with Crippen LogP contribution < -0.4 is 5.73 Å². The lowest BCUT2D eigenvalue weighted by molar-refractivity contribution is 0.101. The summed E-state index contributed by atoms with van der Waals surface area (Å²) in [5.74, 6) is -2.50. The Hall–Kier alpha value is -0.970. The lowest BCUT2D eigenvalue weighted by Gasteiger charge is -2.02. The molecule has 0 saturated heterocycles. The summed E-state index contributed by atoms with van der Waals surface area (Å²) in [4.78, 5) is 11.0. The van der Waals surface area contributed by atoms with Crippen LogP contribution in [0.25, 0.3) is 0 Å². The van der Waals surface area contributed by atoms with Crippen molar-refractivity contribution in [1.82, 2.24) is 0 Å². The van der Waals surface area contributed by atoms with E-state index in [2.05, 4.69) is 15.9 Å². The van der Waals surface area contributed by atoms with Gasteiger partial charge in [0.25, 0.3) is 0 Å². The maximum atomic E-state index is 13.0. The zero-order valence-electron chi connectivity index (χ0n) is 6.48. The number of nitrogens with two attached hydrogens (primary N) is 1. The minimum absolute atomic E-state index is 0.0406. The van der Waals surface area contributed by atoms with Crippen LogP contribution in [-0.2, 0) is 0 Å². The Morgan fingerprint density at radius 2 is 1.85 bits per heavy atom. The molecule has 2 nitrogen and oxygen atoms in total. The molecule has 0 heterocycles. The van der Waals surface area contributed by atoms with Crippen LogP contribution in [0.2, 0.25) is 0 Å². The quantitative estimate of drug-likeness (QED) is 0.496. The number of carbonyl (C=O) groups excluding carboxylic acids is 1. The smallest absolute Gasteiger partial charge is 0.179 e. The van der Waals surface area contributed by atoms with E-state index in [4.69, 9.17) is 5.73 Å². The molecule has 0 saturated carbocycles. The number of anilines is 1. The van der Waals surface area contributed by atoms with Crippen molar-refractivity contribution in [3.8, 4) is 0 Å². The molecule has 1 aromatic rings. The molecule has 2 N–H and O–H groups in total. The first-order valence-corrected chi connectivity index (χ1v) is 4.52. The van der Waals surface area contributed by atoms with Crippen LogP contribution in [0.4, 0.5) is 14.5 Å². The van der Waals surface area contributed by atoms with Gasteiger partial charge < -0.3 is 5.73 Å². The number of benzene rings is 1. The molecule has 0 aliphatic heterocycles. The molecule has 13 heavy (non-hydrogen) atoms. The molecule has 0 fully saturated rings. The van der Waals surface area contributed by atoms with E-state index >= 15 is 0 Å². The van der Waals surface area contributed by atoms with Gasteiger partial charge in [-0.2, -0.15) is 0 Å². The van der Waals surface area contributed by atoms with Crippen LogP contribution in [-0.4, -0.2) is 11.1 Å². The molecule has 5 heteroatoms. The third-order valence-corrected chi connectivity index (χ3v) is 1.97. The van der Waals surface area contributed by atoms with Crippen LogP contribution in [0.3, 0.4) is 0 Å². The number of rotatable bonds is 2. The van der Waals surface area contributed by atoms with E-state index in [0.29, 0.717) is 0 Å². The highest BCUT2D eigenvalue weighted by atomic mass is 79.9. The normalized spacial score (nSPS) is 10.1. The highest BCUT2D eigenvalue weighted by molar-refractivity contribution is 9.09. The van der Waals surface area contributed by atoms with Crippen molar-refractivity contribution in [2.75, 3.05) is 11.1 Å². The van der Waals surface area contributed by atoms with Gasteiger partial charge in [-0.25, -0.2) is 8.78 Å². The van der Waals surface area contributed by atoms with Crippen molar-refractivity contribution >= 4 is 27.4 Å². The van der Waals surface area contributed by atoms with E-state index in [1.165, 1.54) is 0 Å². The summed E-state index contributed by atoms with van der Waals surface area (Å²) < 4.78 is 26.0. The highest BCUT2D eigenvalue weighted by Crippen LogP contribution is 2.17. The van der Waals surface area contributed by atoms with Gasteiger partial charge in [0.15, 0.2) is 5.78 Å². The van der Waals surface area contributed by atoms with Gasteiger partial charge in [0.2, 0.25) is 0 Å². The first kappa shape index (κ1) is 10.1. The highest BCUT2D eigenvalue weighted by Gasteiger charge is 2.16. The number of hydrogen-bond donors (Lipinski definition) is 1. The van der Waals surface area contributed by atoms with E-state index in [0.717, 1.165) is 12.1 Å². The number of ketones is 1. The zero-order chi connectivity index (χ0) is 10.0. The van der Waals surface area contributed by atoms with Gasteiger partial charge in [-0.3, -0.25) is 4.79 Å². The second-order valence-corrected chi connectivity index (χ2v) is 2.98. The number of halogens is 3. The molecule has 0 bridgehead atoms. The fourth-order valence-electron chi connectivity index (χ4n) is 0.926. The molecule has 1 aromatic carbocycles. The van der Waals surface area contributed by atoms with E-state index in [1.54, 1.807) is 0 Å². The third-order valence-electron chi connectivity index (χ3n) is 1.46. The first-order valence-electron chi connectivity index (χ1n) is 3.40. The molecule has 0 unspecified atom stereocenters. The van der Waals surface area contributed by atoms with Crippen molar-refractivity contribution in [3.63, 3.8) is 0 Å². The Morgan fingerprint density at radius 3 is 2.23 bits per heavy atom. The molecule has 0 aliphatic rings. The van der Waals surface area contributed by atoms with Crippen LogP contribution >= 0.6 is 15.9 Å². The Labute approximate surface area is 81.9 Å². The molecule has 0 atom stereocenters. The van der Waals surface area contributed by atoms with Gasteiger partial charge in [0.1, 0.15) is 11.6 Å². The average molecular weight is 250 g/mol. The molecule has 70 valence electrons.